The van der Waals surface area contributed by atoms with Gasteiger partial charge in [0, 0.05) is 43.8 Å². The number of methoxy groups -OCH3 is 2. The maximum absolute atomic E-state index is 12.7. The van der Waals surface area contributed by atoms with Crippen molar-refractivity contribution in [2.75, 3.05) is 45.3 Å². The number of pyridine rings is 1. The molecule has 170 valence electrons. The van der Waals surface area contributed by atoms with Crippen LogP contribution in [0.2, 0.25) is 0 Å². The molecule has 0 radical (unpaired) electrons. The molecule has 0 unspecified atom stereocenters. The van der Waals surface area contributed by atoms with Crippen LogP contribution in [0.25, 0.3) is 10.9 Å². The average molecular weight is 457 g/mol. The second-order valence-corrected chi connectivity index (χ2v) is 11.4. The van der Waals surface area contributed by atoms with Gasteiger partial charge in [-0.15, -0.1) is 0 Å². The molecule has 1 aliphatic carbocycles. The van der Waals surface area contributed by atoms with Crippen molar-refractivity contribution in [3.8, 4) is 17.6 Å². The standard InChI is InChI=1S/C23H28N4O4S/c1-30-20-11-18-19(12-21(20)31-2)25-14-16(13-24)22(18)26-8-5-23(6-9-26)7-10-27(15-23)32(28,29)17-3-4-17/h11-12,14,17H,3-10,15H2,1-2H3. The summed E-state index contributed by atoms with van der Waals surface area (Å²) in [6.45, 7) is 2.82. The topological polar surface area (TPSA) is 95.8 Å². The van der Waals surface area contributed by atoms with Gasteiger partial charge in [0.25, 0.3) is 0 Å². The molecule has 0 N–H and O–H groups in total. The van der Waals surface area contributed by atoms with Gasteiger partial charge in [0.2, 0.25) is 10.0 Å². The molecule has 0 atom stereocenters. The normalized spacial score (nSPS) is 21.1. The number of ether oxygens (including phenoxy) is 2. The molecule has 3 heterocycles. The van der Waals surface area contributed by atoms with Gasteiger partial charge in [0.1, 0.15) is 6.07 Å². The van der Waals surface area contributed by atoms with Crippen LogP contribution in [-0.4, -0.2) is 63.4 Å². The van der Waals surface area contributed by atoms with Gasteiger partial charge in [-0.05, 0) is 43.6 Å². The van der Waals surface area contributed by atoms with E-state index in [1.54, 1.807) is 24.7 Å². The van der Waals surface area contributed by atoms with Crippen LogP contribution in [0.15, 0.2) is 18.3 Å². The second kappa shape index (κ2) is 7.78. The summed E-state index contributed by atoms with van der Waals surface area (Å²) in [6, 6.07) is 6.02. The summed E-state index contributed by atoms with van der Waals surface area (Å²) >= 11 is 0. The molecular weight excluding hydrogens is 428 g/mol. The first-order valence-corrected chi connectivity index (χ1v) is 12.6. The van der Waals surface area contributed by atoms with Crippen LogP contribution < -0.4 is 14.4 Å². The zero-order valence-corrected chi connectivity index (χ0v) is 19.3. The smallest absolute Gasteiger partial charge is 0.216 e. The maximum Gasteiger partial charge on any atom is 0.216 e. The number of benzene rings is 1. The van der Waals surface area contributed by atoms with Crippen molar-refractivity contribution < 1.29 is 17.9 Å². The fourth-order valence-corrected chi connectivity index (χ4v) is 7.18. The Morgan fingerprint density at radius 3 is 2.38 bits per heavy atom. The van der Waals surface area contributed by atoms with Crippen LogP contribution in [-0.2, 0) is 10.0 Å². The molecule has 5 rings (SSSR count). The first-order chi connectivity index (χ1) is 15.4. The molecule has 1 spiro atoms. The minimum atomic E-state index is -3.12. The molecule has 3 fully saturated rings. The number of hydrogen-bond acceptors (Lipinski definition) is 7. The third-order valence-electron chi connectivity index (χ3n) is 7.31. The Balaban J connectivity index is 1.42. The van der Waals surface area contributed by atoms with Crippen molar-refractivity contribution in [3.05, 3.63) is 23.9 Å². The number of aromatic nitrogens is 1. The lowest BCUT2D eigenvalue weighted by atomic mass is 9.77. The maximum atomic E-state index is 12.7. The van der Waals surface area contributed by atoms with E-state index in [9.17, 15) is 13.7 Å². The van der Waals surface area contributed by atoms with Gasteiger partial charge in [0.05, 0.1) is 36.2 Å². The molecule has 32 heavy (non-hydrogen) atoms. The number of hydrogen-bond donors (Lipinski definition) is 0. The molecule has 0 bridgehead atoms. The van der Waals surface area contributed by atoms with E-state index >= 15 is 0 Å². The zero-order chi connectivity index (χ0) is 22.5. The highest BCUT2D eigenvalue weighted by molar-refractivity contribution is 7.90. The van der Waals surface area contributed by atoms with Gasteiger partial charge in [-0.3, -0.25) is 4.98 Å². The predicted octanol–water partition coefficient (Wildman–Crippen LogP) is 2.91. The summed E-state index contributed by atoms with van der Waals surface area (Å²) in [5.74, 6) is 1.20. The van der Waals surface area contributed by atoms with Crippen molar-refractivity contribution in [2.24, 2.45) is 5.41 Å². The lowest BCUT2D eigenvalue weighted by molar-refractivity contribution is 0.235. The van der Waals surface area contributed by atoms with E-state index in [1.807, 2.05) is 12.1 Å². The third kappa shape index (κ3) is 3.46. The van der Waals surface area contributed by atoms with Crippen LogP contribution in [0, 0.1) is 16.7 Å². The molecule has 3 aliphatic rings. The third-order valence-corrected chi connectivity index (χ3v) is 9.66. The van der Waals surface area contributed by atoms with E-state index in [0.717, 1.165) is 61.8 Å². The lowest BCUT2D eigenvalue weighted by Gasteiger charge is -2.41. The van der Waals surface area contributed by atoms with Crippen molar-refractivity contribution in [2.45, 2.75) is 37.4 Å². The van der Waals surface area contributed by atoms with Crippen molar-refractivity contribution in [1.29, 1.82) is 5.26 Å². The van der Waals surface area contributed by atoms with Crippen molar-refractivity contribution in [1.82, 2.24) is 9.29 Å². The Labute approximate surface area is 188 Å². The highest BCUT2D eigenvalue weighted by Crippen LogP contribution is 2.46. The van der Waals surface area contributed by atoms with E-state index in [0.29, 0.717) is 30.2 Å². The minimum Gasteiger partial charge on any atom is -0.493 e. The number of nitrogens with zero attached hydrogens (tertiary/aromatic N) is 4. The molecule has 1 aromatic carbocycles. The van der Waals surface area contributed by atoms with Gasteiger partial charge in [-0.1, -0.05) is 0 Å². The van der Waals surface area contributed by atoms with Crippen LogP contribution in [0.3, 0.4) is 0 Å². The number of nitriles is 1. The van der Waals surface area contributed by atoms with Gasteiger partial charge < -0.3 is 14.4 Å². The lowest BCUT2D eigenvalue weighted by Crippen LogP contribution is -2.43. The Morgan fingerprint density at radius 1 is 1.09 bits per heavy atom. The Bertz CT molecular complexity index is 1190. The summed E-state index contributed by atoms with van der Waals surface area (Å²) in [7, 11) is 0.0666. The molecule has 8 nitrogen and oxygen atoms in total. The molecule has 9 heteroatoms. The zero-order valence-electron chi connectivity index (χ0n) is 18.5. The van der Waals surface area contributed by atoms with E-state index in [4.69, 9.17) is 9.47 Å². The molecule has 2 aromatic rings. The summed E-state index contributed by atoms with van der Waals surface area (Å²) in [6.07, 6.45) is 5.96. The van der Waals surface area contributed by atoms with Gasteiger partial charge >= 0.3 is 0 Å². The number of fused-ring (bicyclic) bond motifs is 1. The molecular formula is C23H28N4O4S. The monoisotopic (exact) mass is 456 g/mol. The van der Waals surface area contributed by atoms with Crippen LogP contribution in [0.1, 0.15) is 37.7 Å². The van der Waals surface area contributed by atoms with Crippen LogP contribution in [0.5, 0.6) is 11.5 Å². The Morgan fingerprint density at radius 2 is 1.75 bits per heavy atom. The summed E-state index contributed by atoms with van der Waals surface area (Å²) in [5, 5.41) is 10.5. The highest BCUT2D eigenvalue weighted by Gasteiger charge is 2.48. The number of sulfonamides is 1. The number of rotatable bonds is 5. The molecule has 0 amide bonds. The Kier molecular flexibility index (Phi) is 5.18. The average Bonchev–Trinajstić information content (AvgIpc) is 3.60. The van der Waals surface area contributed by atoms with Crippen molar-refractivity contribution >= 4 is 26.6 Å². The van der Waals surface area contributed by atoms with E-state index in [-0.39, 0.29) is 10.7 Å². The highest BCUT2D eigenvalue weighted by atomic mass is 32.2. The minimum absolute atomic E-state index is 0.0367. The first kappa shape index (κ1) is 21.3. The summed E-state index contributed by atoms with van der Waals surface area (Å²) < 4.78 is 38.0. The molecule has 2 saturated heterocycles. The van der Waals surface area contributed by atoms with Gasteiger partial charge in [-0.25, -0.2) is 12.7 Å². The van der Waals surface area contributed by atoms with Crippen LogP contribution in [0.4, 0.5) is 5.69 Å². The van der Waals surface area contributed by atoms with E-state index in [2.05, 4.69) is 16.0 Å². The molecule has 2 aliphatic heterocycles. The van der Waals surface area contributed by atoms with Crippen molar-refractivity contribution in [3.63, 3.8) is 0 Å². The summed E-state index contributed by atoms with van der Waals surface area (Å²) in [4.78, 5) is 6.71. The fraction of sp³-hybridized carbons (Fsp3) is 0.565. The second-order valence-electron chi connectivity index (χ2n) is 9.17. The van der Waals surface area contributed by atoms with E-state index in [1.165, 1.54) is 0 Å². The fourth-order valence-electron chi connectivity index (χ4n) is 5.23. The van der Waals surface area contributed by atoms with E-state index < -0.39 is 10.0 Å². The number of piperidine rings is 1. The quantitative estimate of drug-likeness (QED) is 0.683. The largest absolute Gasteiger partial charge is 0.493 e. The molecule has 1 aromatic heterocycles. The number of anilines is 1. The molecule has 1 saturated carbocycles. The van der Waals surface area contributed by atoms with Crippen LogP contribution >= 0.6 is 0 Å². The first-order valence-electron chi connectivity index (χ1n) is 11.1. The SMILES string of the molecule is COc1cc2ncc(C#N)c(N3CCC4(CC3)CCN(S(=O)(=O)C3CC3)C4)c2cc1OC. The summed E-state index contributed by atoms with van der Waals surface area (Å²) in [5.41, 5.74) is 2.19. The van der Waals surface area contributed by atoms with Gasteiger partial charge in [0.15, 0.2) is 11.5 Å². The van der Waals surface area contributed by atoms with Gasteiger partial charge in [-0.2, -0.15) is 5.26 Å². The predicted molar refractivity (Wildman–Crippen MR) is 122 cm³/mol. The Hall–Kier alpha value is -2.57.